The van der Waals surface area contributed by atoms with E-state index in [-0.39, 0.29) is 0 Å². The van der Waals surface area contributed by atoms with Crippen molar-refractivity contribution in [2.24, 2.45) is 5.92 Å². The lowest BCUT2D eigenvalue weighted by molar-refractivity contribution is 0.272. The van der Waals surface area contributed by atoms with Crippen LogP contribution in [0.25, 0.3) is 5.69 Å². The third-order valence-corrected chi connectivity index (χ3v) is 4.24. The highest BCUT2D eigenvalue weighted by molar-refractivity contribution is 5.40. The lowest BCUT2D eigenvalue weighted by atomic mass is 9.85. The topological polar surface area (TPSA) is 44.0 Å². The van der Waals surface area contributed by atoms with Gasteiger partial charge in [0.15, 0.2) is 0 Å². The van der Waals surface area contributed by atoms with Gasteiger partial charge in [0.1, 0.15) is 5.82 Å². The Labute approximate surface area is 121 Å². The molecular weight excluding hydrogens is 271 g/mol. The van der Waals surface area contributed by atoms with Crippen LogP contribution in [0.1, 0.15) is 24.8 Å². The zero-order valence-electron chi connectivity index (χ0n) is 11.9. The first kappa shape index (κ1) is 13.8. The molecule has 1 saturated carbocycles. The molecule has 5 heteroatoms. The Kier molecular flexibility index (Phi) is 3.49. The fourth-order valence-electron chi connectivity index (χ4n) is 2.65. The second kappa shape index (κ2) is 5.31. The van der Waals surface area contributed by atoms with Crippen molar-refractivity contribution in [3.05, 3.63) is 62.7 Å². The molecule has 0 saturated heterocycles. The van der Waals surface area contributed by atoms with E-state index >= 15 is 0 Å². The van der Waals surface area contributed by atoms with E-state index in [1.165, 1.54) is 27.7 Å². The van der Waals surface area contributed by atoms with Crippen molar-refractivity contribution in [1.82, 2.24) is 9.13 Å². The number of halogens is 1. The van der Waals surface area contributed by atoms with Crippen LogP contribution >= 0.6 is 0 Å². The number of rotatable bonds is 3. The molecule has 0 unspecified atom stereocenters. The maximum absolute atomic E-state index is 13.6. The van der Waals surface area contributed by atoms with Crippen molar-refractivity contribution in [1.29, 1.82) is 0 Å². The van der Waals surface area contributed by atoms with E-state index in [0.29, 0.717) is 23.7 Å². The summed E-state index contributed by atoms with van der Waals surface area (Å²) in [4.78, 5) is 24.4. The molecule has 1 aromatic carbocycles. The quantitative estimate of drug-likeness (QED) is 0.813. The standard InChI is InChI=1S/C16H17FN2O2/c1-11-13(17)6-3-7-14(11)19-9-8-18(15(20)16(19)21)10-12-4-2-5-12/h3,6-9,12H,2,4-5,10H2,1H3. The fraction of sp³-hybridized carbons (Fsp3) is 0.375. The first-order valence-electron chi connectivity index (χ1n) is 7.15. The summed E-state index contributed by atoms with van der Waals surface area (Å²) >= 11 is 0. The molecule has 0 atom stereocenters. The Morgan fingerprint density at radius 3 is 2.62 bits per heavy atom. The third kappa shape index (κ3) is 2.44. The summed E-state index contributed by atoms with van der Waals surface area (Å²) < 4.78 is 16.3. The van der Waals surface area contributed by atoms with Crippen molar-refractivity contribution in [3.63, 3.8) is 0 Å². The van der Waals surface area contributed by atoms with Crippen LogP contribution < -0.4 is 11.1 Å². The zero-order valence-corrected chi connectivity index (χ0v) is 11.9. The molecule has 0 spiro atoms. The molecule has 2 aromatic rings. The molecule has 1 fully saturated rings. The highest BCUT2D eigenvalue weighted by Crippen LogP contribution is 2.27. The van der Waals surface area contributed by atoms with Crippen LogP contribution in [0, 0.1) is 18.7 Å². The van der Waals surface area contributed by atoms with Gasteiger partial charge in [0.05, 0.1) is 5.69 Å². The molecule has 1 aliphatic carbocycles. The predicted molar refractivity (Wildman–Crippen MR) is 78.3 cm³/mol. The Morgan fingerprint density at radius 1 is 1.19 bits per heavy atom. The summed E-state index contributed by atoms with van der Waals surface area (Å²) in [7, 11) is 0. The van der Waals surface area contributed by atoms with E-state index in [1.54, 1.807) is 25.4 Å². The molecule has 4 nitrogen and oxygen atoms in total. The van der Waals surface area contributed by atoms with E-state index in [0.717, 1.165) is 12.8 Å². The van der Waals surface area contributed by atoms with Gasteiger partial charge in [-0.15, -0.1) is 0 Å². The predicted octanol–water partition coefficient (Wildman–Crippen LogP) is 2.25. The van der Waals surface area contributed by atoms with Crippen LogP contribution in [0.5, 0.6) is 0 Å². The molecule has 0 bridgehead atoms. The molecular formula is C16H17FN2O2. The van der Waals surface area contributed by atoms with Crippen LogP contribution in [0.2, 0.25) is 0 Å². The Bertz CT molecular complexity index is 788. The van der Waals surface area contributed by atoms with Gasteiger partial charge in [0.2, 0.25) is 0 Å². The van der Waals surface area contributed by atoms with Gasteiger partial charge in [-0.2, -0.15) is 0 Å². The maximum atomic E-state index is 13.6. The zero-order chi connectivity index (χ0) is 15.0. The van der Waals surface area contributed by atoms with Crippen molar-refractivity contribution in [2.45, 2.75) is 32.7 Å². The number of benzene rings is 1. The average molecular weight is 288 g/mol. The fourth-order valence-corrected chi connectivity index (χ4v) is 2.65. The van der Waals surface area contributed by atoms with E-state index in [4.69, 9.17) is 0 Å². The van der Waals surface area contributed by atoms with Crippen molar-refractivity contribution < 1.29 is 4.39 Å². The monoisotopic (exact) mass is 288 g/mol. The molecule has 1 aliphatic rings. The van der Waals surface area contributed by atoms with E-state index in [9.17, 15) is 14.0 Å². The highest BCUT2D eigenvalue weighted by Gasteiger charge is 2.19. The molecule has 110 valence electrons. The Hall–Kier alpha value is -2.17. The van der Waals surface area contributed by atoms with Crippen LogP contribution in [-0.2, 0) is 6.54 Å². The number of hydrogen-bond acceptors (Lipinski definition) is 2. The van der Waals surface area contributed by atoms with Gasteiger partial charge < -0.3 is 4.57 Å². The molecule has 1 aromatic heterocycles. The summed E-state index contributed by atoms with van der Waals surface area (Å²) in [5, 5.41) is 0. The van der Waals surface area contributed by atoms with Crippen LogP contribution in [0.3, 0.4) is 0 Å². The molecule has 0 aliphatic heterocycles. The molecule has 1 heterocycles. The average Bonchev–Trinajstić information content (AvgIpc) is 2.42. The van der Waals surface area contributed by atoms with Crippen molar-refractivity contribution >= 4 is 0 Å². The minimum atomic E-state index is -0.634. The van der Waals surface area contributed by atoms with Gasteiger partial charge >= 0.3 is 11.1 Å². The van der Waals surface area contributed by atoms with Crippen molar-refractivity contribution in [3.8, 4) is 5.69 Å². The number of hydrogen-bond donors (Lipinski definition) is 0. The molecule has 0 amide bonds. The smallest absolute Gasteiger partial charge is 0.309 e. The summed E-state index contributed by atoms with van der Waals surface area (Å²) in [6.45, 7) is 2.19. The summed E-state index contributed by atoms with van der Waals surface area (Å²) in [5.41, 5.74) is -0.415. The van der Waals surface area contributed by atoms with Gasteiger partial charge in [-0.25, -0.2) is 4.39 Å². The normalized spacial score (nSPS) is 15.0. The summed E-state index contributed by atoms with van der Waals surface area (Å²) in [6, 6.07) is 4.50. The molecule has 21 heavy (non-hydrogen) atoms. The first-order chi connectivity index (χ1) is 10.1. The SMILES string of the molecule is Cc1c(F)cccc1-n1ccn(CC2CCC2)c(=O)c1=O. The van der Waals surface area contributed by atoms with Gasteiger partial charge in [-0.1, -0.05) is 12.5 Å². The van der Waals surface area contributed by atoms with E-state index < -0.39 is 16.9 Å². The van der Waals surface area contributed by atoms with Gasteiger partial charge in [-0.05, 0) is 37.8 Å². The maximum Gasteiger partial charge on any atom is 0.320 e. The van der Waals surface area contributed by atoms with Crippen molar-refractivity contribution in [2.75, 3.05) is 0 Å². The minimum absolute atomic E-state index is 0.357. The lowest BCUT2D eigenvalue weighted by Gasteiger charge is -2.25. The van der Waals surface area contributed by atoms with Crippen LogP contribution in [0.4, 0.5) is 4.39 Å². The van der Waals surface area contributed by atoms with Crippen LogP contribution in [-0.4, -0.2) is 9.13 Å². The van der Waals surface area contributed by atoms with E-state index in [1.807, 2.05) is 0 Å². The number of nitrogens with zero attached hydrogens (tertiary/aromatic N) is 2. The summed E-state index contributed by atoms with van der Waals surface area (Å²) in [5.74, 6) is 0.104. The Balaban J connectivity index is 2.05. The minimum Gasteiger partial charge on any atom is -0.309 e. The number of aromatic nitrogens is 2. The highest BCUT2D eigenvalue weighted by atomic mass is 19.1. The van der Waals surface area contributed by atoms with Gasteiger partial charge in [-0.3, -0.25) is 14.2 Å². The molecule has 0 radical (unpaired) electrons. The molecule has 3 rings (SSSR count). The first-order valence-corrected chi connectivity index (χ1v) is 7.15. The lowest BCUT2D eigenvalue weighted by Crippen LogP contribution is -2.41. The Morgan fingerprint density at radius 2 is 1.95 bits per heavy atom. The third-order valence-electron chi connectivity index (χ3n) is 4.24. The summed E-state index contributed by atoms with van der Waals surface area (Å²) in [6.07, 6.45) is 6.58. The second-order valence-electron chi connectivity index (χ2n) is 5.61. The van der Waals surface area contributed by atoms with Gasteiger partial charge in [0.25, 0.3) is 0 Å². The largest absolute Gasteiger partial charge is 0.320 e. The van der Waals surface area contributed by atoms with E-state index in [2.05, 4.69) is 0 Å². The van der Waals surface area contributed by atoms with Crippen LogP contribution in [0.15, 0.2) is 40.2 Å². The molecule has 0 N–H and O–H groups in total. The second-order valence-corrected chi connectivity index (χ2v) is 5.61. The van der Waals surface area contributed by atoms with Gasteiger partial charge in [0, 0.05) is 24.5 Å².